The van der Waals surface area contributed by atoms with Gasteiger partial charge in [-0.25, -0.2) is 4.39 Å². The summed E-state index contributed by atoms with van der Waals surface area (Å²) in [5.74, 6) is -0.139. The average molecular weight is 227 g/mol. The van der Waals surface area contributed by atoms with Crippen LogP contribution in [0, 0.1) is 5.82 Å². The van der Waals surface area contributed by atoms with Crippen molar-refractivity contribution >= 4 is 0 Å². The first kappa shape index (κ1) is 10.5. The molecule has 0 saturated carbocycles. The quantitative estimate of drug-likeness (QED) is 0.789. The van der Waals surface area contributed by atoms with E-state index in [1.807, 2.05) is 24.3 Å². The molecule has 1 N–H and O–H groups in total. The Morgan fingerprint density at radius 2 is 1.76 bits per heavy atom. The zero-order chi connectivity index (χ0) is 11.7. The van der Waals surface area contributed by atoms with Crippen molar-refractivity contribution in [2.75, 3.05) is 6.54 Å². The van der Waals surface area contributed by atoms with Gasteiger partial charge in [0.1, 0.15) is 5.82 Å². The highest BCUT2D eigenvalue weighted by atomic mass is 19.1. The van der Waals surface area contributed by atoms with Gasteiger partial charge in [0.05, 0.1) is 0 Å². The fourth-order valence-electron chi connectivity index (χ4n) is 2.46. The maximum Gasteiger partial charge on any atom is 0.131 e. The summed E-state index contributed by atoms with van der Waals surface area (Å²) in [4.78, 5) is 0. The lowest BCUT2D eigenvalue weighted by atomic mass is 9.91. The summed E-state index contributed by atoms with van der Waals surface area (Å²) in [5.41, 5.74) is 4.33. The van der Waals surface area contributed by atoms with Crippen LogP contribution >= 0.6 is 0 Å². The van der Waals surface area contributed by atoms with Crippen LogP contribution in [-0.4, -0.2) is 6.54 Å². The Hall–Kier alpha value is -1.67. The molecule has 0 aromatic heterocycles. The zero-order valence-electron chi connectivity index (χ0n) is 9.54. The van der Waals surface area contributed by atoms with Gasteiger partial charge in [-0.1, -0.05) is 36.4 Å². The second-order valence-corrected chi connectivity index (χ2v) is 4.35. The number of hydrogen-bond acceptors (Lipinski definition) is 1. The van der Waals surface area contributed by atoms with Gasteiger partial charge in [0.15, 0.2) is 0 Å². The van der Waals surface area contributed by atoms with Crippen LogP contribution in [0.3, 0.4) is 0 Å². The normalized spacial score (nSPS) is 14.4. The summed E-state index contributed by atoms with van der Waals surface area (Å²) < 4.78 is 13.8. The van der Waals surface area contributed by atoms with E-state index < -0.39 is 0 Å². The van der Waals surface area contributed by atoms with Crippen molar-refractivity contribution in [2.45, 2.75) is 13.0 Å². The Morgan fingerprint density at radius 3 is 2.65 bits per heavy atom. The molecule has 1 heterocycles. The molecule has 0 atom stereocenters. The molecular formula is C15H14FN. The zero-order valence-corrected chi connectivity index (χ0v) is 9.54. The minimum atomic E-state index is -0.139. The van der Waals surface area contributed by atoms with Gasteiger partial charge in [-0.2, -0.15) is 0 Å². The highest BCUT2D eigenvalue weighted by Gasteiger charge is 2.15. The number of rotatable bonds is 1. The second-order valence-electron chi connectivity index (χ2n) is 4.35. The van der Waals surface area contributed by atoms with Gasteiger partial charge in [-0.3, -0.25) is 0 Å². The fourth-order valence-corrected chi connectivity index (χ4v) is 2.46. The molecule has 1 aliphatic heterocycles. The molecule has 2 aromatic rings. The first-order chi connectivity index (χ1) is 8.36. The monoisotopic (exact) mass is 227 g/mol. The van der Waals surface area contributed by atoms with E-state index in [2.05, 4.69) is 11.4 Å². The van der Waals surface area contributed by atoms with Gasteiger partial charge in [-0.05, 0) is 35.7 Å². The SMILES string of the molecule is Fc1ccccc1-c1cccc2c1CCNC2. The minimum absolute atomic E-state index is 0.139. The van der Waals surface area contributed by atoms with E-state index >= 15 is 0 Å². The lowest BCUT2D eigenvalue weighted by Gasteiger charge is -2.20. The summed E-state index contributed by atoms with van der Waals surface area (Å²) in [6.45, 7) is 1.86. The smallest absolute Gasteiger partial charge is 0.131 e. The number of halogens is 1. The Bertz CT molecular complexity index is 548. The molecule has 0 amide bonds. The fraction of sp³-hybridized carbons (Fsp3) is 0.200. The molecule has 1 nitrogen and oxygen atoms in total. The molecule has 0 unspecified atom stereocenters. The van der Waals surface area contributed by atoms with Crippen LogP contribution in [0.2, 0.25) is 0 Å². The van der Waals surface area contributed by atoms with Gasteiger partial charge < -0.3 is 5.32 Å². The third-order valence-electron chi connectivity index (χ3n) is 3.30. The van der Waals surface area contributed by atoms with Crippen LogP contribution in [0.15, 0.2) is 42.5 Å². The molecule has 2 aromatic carbocycles. The molecule has 0 spiro atoms. The minimum Gasteiger partial charge on any atom is -0.312 e. The molecule has 3 rings (SSSR count). The third kappa shape index (κ3) is 1.85. The van der Waals surface area contributed by atoms with E-state index in [4.69, 9.17) is 0 Å². The summed E-state index contributed by atoms with van der Waals surface area (Å²) >= 11 is 0. The molecular weight excluding hydrogens is 213 g/mol. The molecule has 2 heteroatoms. The van der Waals surface area contributed by atoms with E-state index in [0.717, 1.165) is 25.1 Å². The molecule has 0 saturated heterocycles. The number of fused-ring (bicyclic) bond motifs is 1. The summed E-state index contributed by atoms with van der Waals surface area (Å²) in [5, 5.41) is 3.34. The van der Waals surface area contributed by atoms with Crippen LogP contribution < -0.4 is 5.32 Å². The lowest BCUT2D eigenvalue weighted by Crippen LogP contribution is -2.24. The van der Waals surface area contributed by atoms with Crippen molar-refractivity contribution in [2.24, 2.45) is 0 Å². The maximum absolute atomic E-state index is 13.8. The van der Waals surface area contributed by atoms with E-state index in [-0.39, 0.29) is 5.82 Å². The summed E-state index contributed by atoms with van der Waals surface area (Å²) in [7, 11) is 0. The first-order valence-corrected chi connectivity index (χ1v) is 5.92. The topological polar surface area (TPSA) is 12.0 Å². The molecule has 17 heavy (non-hydrogen) atoms. The maximum atomic E-state index is 13.8. The summed E-state index contributed by atoms with van der Waals surface area (Å²) in [6.07, 6.45) is 0.972. The van der Waals surface area contributed by atoms with E-state index in [1.165, 1.54) is 17.2 Å². The standard InChI is InChI=1S/C15H14FN/c16-15-7-2-1-5-14(15)13-6-3-4-11-10-17-9-8-12(11)13/h1-7,17H,8-10H2. The van der Waals surface area contributed by atoms with E-state index in [0.29, 0.717) is 5.56 Å². The van der Waals surface area contributed by atoms with Gasteiger partial charge in [0.25, 0.3) is 0 Å². The molecule has 86 valence electrons. The van der Waals surface area contributed by atoms with Crippen LogP contribution in [0.5, 0.6) is 0 Å². The molecule has 1 aliphatic rings. The van der Waals surface area contributed by atoms with Crippen molar-refractivity contribution in [3.63, 3.8) is 0 Å². The van der Waals surface area contributed by atoms with Crippen molar-refractivity contribution in [1.82, 2.24) is 5.32 Å². The van der Waals surface area contributed by atoms with Crippen molar-refractivity contribution in [1.29, 1.82) is 0 Å². The van der Waals surface area contributed by atoms with Crippen LogP contribution in [0.4, 0.5) is 4.39 Å². The summed E-state index contributed by atoms with van der Waals surface area (Å²) in [6, 6.07) is 13.1. The Balaban J connectivity index is 2.18. The van der Waals surface area contributed by atoms with Gasteiger partial charge >= 0.3 is 0 Å². The number of nitrogens with one attached hydrogen (secondary N) is 1. The highest BCUT2D eigenvalue weighted by molar-refractivity contribution is 5.69. The molecule has 0 fully saturated rings. The Kier molecular flexibility index (Phi) is 2.65. The third-order valence-corrected chi connectivity index (χ3v) is 3.30. The van der Waals surface area contributed by atoms with Gasteiger partial charge in [0, 0.05) is 12.1 Å². The predicted octanol–water partition coefficient (Wildman–Crippen LogP) is 3.14. The average Bonchev–Trinajstić information content (AvgIpc) is 2.39. The lowest BCUT2D eigenvalue weighted by molar-refractivity contribution is 0.628. The van der Waals surface area contributed by atoms with E-state index in [9.17, 15) is 4.39 Å². The van der Waals surface area contributed by atoms with Crippen molar-refractivity contribution in [3.05, 3.63) is 59.4 Å². The second kappa shape index (κ2) is 4.30. The molecule has 0 bridgehead atoms. The van der Waals surface area contributed by atoms with Gasteiger partial charge in [0.2, 0.25) is 0 Å². The van der Waals surface area contributed by atoms with Gasteiger partial charge in [-0.15, -0.1) is 0 Å². The van der Waals surface area contributed by atoms with Crippen LogP contribution in [-0.2, 0) is 13.0 Å². The highest BCUT2D eigenvalue weighted by Crippen LogP contribution is 2.29. The predicted molar refractivity (Wildman–Crippen MR) is 67.2 cm³/mol. The number of hydrogen-bond donors (Lipinski definition) is 1. The molecule has 0 aliphatic carbocycles. The van der Waals surface area contributed by atoms with Crippen LogP contribution in [0.1, 0.15) is 11.1 Å². The van der Waals surface area contributed by atoms with Crippen molar-refractivity contribution in [3.8, 4) is 11.1 Å². The van der Waals surface area contributed by atoms with E-state index in [1.54, 1.807) is 6.07 Å². The Labute approximate surface area is 100 Å². The number of benzene rings is 2. The van der Waals surface area contributed by atoms with Crippen molar-refractivity contribution < 1.29 is 4.39 Å². The molecule has 0 radical (unpaired) electrons. The Morgan fingerprint density at radius 1 is 0.941 bits per heavy atom. The largest absolute Gasteiger partial charge is 0.312 e. The first-order valence-electron chi connectivity index (χ1n) is 5.92. The van der Waals surface area contributed by atoms with Crippen LogP contribution in [0.25, 0.3) is 11.1 Å².